The van der Waals surface area contributed by atoms with Crippen molar-refractivity contribution in [2.45, 2.75) is 11.8 Å². The maximum absolute atomic E-state index is 13.8. The molecule has 3 aromatic rings. The summed E-state index contributed by atoms with van der Waals surface area (Å²) >= 11 is 0. The number of rotatable bonds is 3. The van der Waals surface area contributed by atoms with Crippen molar-refractivity contribution in [3.05, 3.63) is 90.3 Å². The van der Waals surface area contributed by atoms with Crippen molar-refractivity contribution < 1.29 is 27.5 Å². The van der Waals surface area contributed by atoms with Crippen LogP contribution in [0.1, 0.15) is 16.1 Å². The smallest absolute Gasteiger partial charge is 0.426 e. The van der Waals surface area contributed by atoms with Gasteiger partial charge in [-0.1, -0.05) is 42.5 Å². The van der Waals surface area contributed by atoms with Crippen molar-refractivity contribution in [1.82, 2.24) is 10.3 Å². The number of pyridine rings is 1. The van der Waals surface area contributed by atoms with Crippen LogP contribution in [0.3, 0.4) is 0 Å². The minimum Gasteiger partial charge on any atom is -0.426 e. The monoisotopic (exact) mass is 444 g/mol. The third-order valence-corrected chi connectivity index (χ3v) is 4.52. The van der Waals surface area contributed by atoms with Crippen LogP contribution in [0.2, 0.25) is 0 Å². The van der Waals surface area contributed by atoms with E-state index in [2.05, 4.69) is 20.4 Å². The third-order valence-electron chi connectivity index (χ3n) is 4.52. The summed E-state index contributed by atoms with van der Waals surface area (Å²) in [5.74, 6) is -0.809. The van der Waals surface area contributed by atoms with E-state index in [1.54, 1.807) is 6.07 Å². The number of fused-ring (bicyclic) bond motifs is 1. The summed E-state index contributed by atoms with van der Waals surface area (Å²) in [6.07, 6.45) is -4.85. The Hall–Kier alpha value is -4.08. The maximum atomic E-state index is 13.8. The van der Waals surface area contributed by atoms with Crippen molar-refractivity contribution >= 4 is 23.4 Å². The van der Waals surface area contributed by atoms with Crippen LogP contribution in [0.15, 0.2) is 79.0 Å². The molecule has 1 atom stereocenters. The summed E-state index contributed by atoms with van der Waals surface area (Å²) in [6.45, 7) is -0.976. The molecule has 1 aromatic heterocycles. The number of amides is 2. The van der Waals surface area contributed by atoms with E-state index in [4.69, 9.17) is 5.73 Å². The van der Waals surface area contributed by atoms with E-state index in [9.17, 15) is 22.8 Å². The summed E-state index contributed by atoms with van der Waals surface area (Å²) in [7, 11) is 0. The zero-order chi connectivity index (χ0) is 23.2. The molecule has 0 fully saturated rings. The van der Waals surface area contributed by atoms with Crippen LogP contribution >= 0.6 is 0 Å². The number of ether oxygens (including phenoxy) is 1. The zero-order valence-corrected chi connectivity index (χ0v) is 16.6. The maximum Gasteiger partial charge on any atom is 0.434 e. The van der Waals surface area contributed by atoms with Gasteiger partial charge in [0.2, 0.25) is 0 Å². The lowest BCUT2D eigenvalue weighted by Gasteiger charge is -2.39. The van der Waals surface area contributed by atoms with Crippen molar-refractivity contribution in [1.29, 1.82) is 0 Å². The molecule has 1 aliphatic rings. The van der Waals surface area contributed by atoms with E-state index < -0.39 is 30.3 Å². The van der Waals surface area contributed by atoms with Crippen LogP contribution in [0, 0.1) is 0 Å². The average Bonchev–Trinajstić information content (AvgIpc) is 2.78. The molecule has 1 aliphatic heterocycles. The molecule has 10 heteroatoms. The Kier molecular flexibility index (Phi) is 6.62. The van der Waals surface area contributed by atoms with E-state index in [1.807, 2.05) is 30.3 Å². The fraction of sp³-hybridized carbons (Fsp3) is 0.136. The molecule has 0 saturated heterocycles. The van der Waals surface area contributed by atoms with Gasteiger partial charge < -0.3 is 15.8 Å². The van der Waals surface area contributed by atoms with E-state index in [1.165, 1.54) is 42.6 Å². The molecule has 1 unspecified atom stereocenters. The average molecular weight is 444 g/mol. The van der Waals surface area contributed by atoms with E-state index in [0.29, 0.717) is 0 Å². The molecule has 0 spiro atoms. The van der Waals surface area contributed by atoms with Gasteiger partial charge in [0.1, 0.15) is 5.69 Å². The van der Waals surface area contributed by atoms with Gasteiger partial charge >= 0.3 is 12.3 Å². The first-order valence-corrected chi connectivity index (χ1v) is 9.39. The van der Waals surface area contributed by atoms with Crippen molar-refractivity contribution in [2.24, 2.45) is 0 Å². The second-order valence-corrected chi connectivity index (χ2v) is 6.69. The molecular formula is C22H19F3N4O3. The van der Waals surface area contributed by atoms with Crippen LogP contribution in [0.5, 0.6) is 0 Å². The van der Waals surface area contributed by atoms with E-state index >= 15 is 0 Å². The number of alkyl halides is 3. The molecule has 0 radical (unpaired) electrons. The third kappa shape index (κ3) is 4.97. The van der Waals surface area contributed by atoms with Gasteiger partial charge in [0.15, 0.2) is 0 Å². The minimum absolute atomic E-state index is 0.0249. The molecule has 0 aliphatic carbocycles. The first-order valence-electron chi connectivity index (χ1n) is 9.39. The summed E-state index contributed by atoms with van der Waals surface area (Å²) < 4.78 is 46.1. The van der Waals surface area contributed by atoms with Crippen LogP contribution in [0.25, 0.3) is 0 Å². The highest BCUT2D eigenvalue weighted by Gasteiger charge is 2.62. The van der Waals surface area contributed by atoms with Crippen LogP contribution < -0.4 is 16.4 Å². The number of nitrogens with two attached hydrogens (primary N) is 1. The molecule has 0 bridgehead atoms. The topological polar surface area (TPSA) is 106 Å². The molecule has 4 N–H and O–H groups in total. The largest absolute Gasteiger partial charge is 0.434 e. The molecule has 32 heavy (non-hydrogen) atoms. The van der Waals surface area contributed by atoms with Crippen LogP contribution in [-0.4, -0.2) is 29.7 Å². The molecule has 2 amide bonds. The SMILES string of the molecule is Nc1ccccc1.O=C1Nc2ccccc2C(CNC(=O)c2ccccn2)(C(F)(F)F)O1. The van der Waals surface area contributed by atoms with Gasteiger partial charge in [-0.3, -0.25) is 15.1 Å². The Morgan fingerprint density at radius 1 is 1.03 bits per heavy atom. The number of nitrogens with one attached hydrogen (secondary N) is 2. The molecule has 7 nitrogen and oxygen atoms in total. The van der Waals surface area contributed by atoms with Gasteiger partial charge in [0.05, 0.1) is 12.2 Å². The number of benzene rings is 2. The summed E-state index contributed by atoms with van der Waals surface area (Å²) in [4.78, 5) is 27.5. The fourth-order valence-electron chi connectivity index (χ4n) is 2.98. The number of para-hydroxylation sites is 2. The van der Waals surface area contributed by atoms with Gasteiger partial charge in [0.25, 0.3) is 11.5 Å². The van der Waals surface area contributed by atoms with Gasteiger partial charge in [-0.25, -0.2) is 4.79 Å². The van der Waals surface area contributed by atoms with Gasteiger partial charge in [0, 0.05) is 17.4 Å². The number of cyclic esters (lactones) is 1. The number of carbonyl (C=O) groups excluding carboxylic acids is 2. The zero-order valence-electron chi connectivity index (χ0n) is 16.6. The lowest BCUT2D eigenvalue weighted by atomic mass is 9.89. The fourth-order valence-corrected chi connectivity index (χ4v) is 2.98. The van der Waals surface area contributed by atoms with E-state index in [-0.39, 0.29) is 16.9 Å². The Morgan fingerprint density at radius 3 is 2.28 bits per heavy atom. The standard InChI is InChI=1S/C16H12F3N3O3.C6H7N/c17-16(18,19)15(9-21-13(23)12-7-3-4-8-20-12)10-5-1-2-6-11(10)22-14(24)25-15;7-6-4-2-1-3-5-6/h1-8H,9H2,(H,21,23)(H,22,24);1-5H,7H2. The number of nitrogen functional groups attached to an aromatic ring is 1. The molecule has 0 saturated carbocycles. The summed E-state index contributed by atoms with van der Waals surface area (Å²) in [5.41, 5.74) is 2.83. The predicted octanol–water partition coefficient (Wildman–Crippen LogP) is 4.10. The highest BCUT2D eigenvalue weighted by Crippen LogP contribution is 2.47. The number of nitrogens with zero attached hydrogens (tertiary/aromatic N) is 1. The van der Waals surface area contributed by atoms with Crippen molar-refractivity contribution in [3.63, 3.8) is 0 Å². The van der Waals surface area contributed by atoms with Gasteiger partial charge in [-0.15, -0.1) is 0 Å². The highest BCUT2D eigenvalue weighted by molar-refractivity contribution is 5.92. The Labute approximate surface area is 181 Å². The van der Waals surface area contributed by atoms with Crippen LogP contribution in [-0.2, 0) is 10.3 Å². The molecule has 2 heterocycles. The number of anilines is 2. The lowest BCUT2D eigenvalue weighted by Crippen LogP contribution is -2.56. The number of carbonyl (C=O) groups is 2. The second kappa shape index (κ2) is 9.38. The minimum atomic E-state index is -4.95. The Bertz CT molecular complexity index is 1080. The number of aromatic nitrogens is 1. The number of hydrogen-bond donors (Lipinski definition) is 3. The number of hydrogen-bond acceptors (Lipinski definition) is 5. The van der Waals surface area contributed by atoms with E-state index in [0.717, 1.165) is 5.69 Å². The van der Waals surface area contributed by atoms with Crippen molar-refractivity contribution in [2.75, 3.05) is 17.6 Å². The molecule has 4 rings (SSSR count). The first-order chi connectivity index (χ1) is 15.2. The van der Waals surface area contributed by atoms with Gasteiger partial charge in [-0.2, -0.15) is 13.2 Å². The Morgan fingerprint density at radius 2 is 1.69 bits per heavy atom. The van der Waals surface area contributed by atoms with Crippen molar-refractivity contribution in [3.8, 4) is 0 Å². The molecule has 2 aromatic carbocycles. The predicted molar refractivity (Wildman–Crippen MR) is 112 cm³/mol. The summed E-state index contributed by atoms with van der Waals surface area (Å²) in [6, 6.07) is 19.3. The lowest BCUT2D eigenvalue weighted by molar-refractivity contribution is -0.261. The second-order valence-electron chi connectivity index (χ2n) is 6.69. The molecular weight excluding hydrogens is 425 g/mol. The summed E-state index contributed by atoms with van der Waals surface area (Å²) in [5, 5.41) is 4.37. The van der Waals surface area contributed by atoms with Gasteiger partial charge in [-0.05, 0) is 30.3 Å². The highest BCUT2D eigenvalue weighted by atomic mass is 19.4. The normalized spacial score (nSPS) is 17.0. The Balaban J connectivity index is 0.000000352. The first kappa shape index (κ1) is 22.6. The quantitative estimate of drug-likeness (QED) is 0.528. The molecule has 166 valence electrons. The van der Waals surface area contributed by atoms with Crippen LogP contribution in [0.4, 0.5) is 29.3 Å². The number of halogens is 3.